The van der Waals surface area contributed by atoms with Gasteiger partial charge in [0.15, 0.2) is 0 Å². The Morgan fingerprint density at radius 1 is 1.12 bits per heavy atom. The summed E-state index contributed by atoms with van der Waals surface area (Å²) in [4.78, 5) is 8.18. The topological polar surface area (TPSA) is 35.0 Å². The minimum absolute atomic E-state index is 0.383. The summed E-state index contributed by atoms with van der Waals surface area (Å²) in [5.74, 6) is 0.770. The predicted octanol–water partition coefficient (Wildman–Crippen LogP) is 3.83. The zero-order valence-electron chi connectivity index (χ0n) is 9.56. The minimum atomic E-state index is 0.383. The van der Waals surface area contributed by atoms with Crippen molar-refractivity contribution in [3.63, 3.8) is 0 Å². The van der Waals surface area contributed by atoms with Crippen LogP contribution in [0.2, 0.25) is 0 Å². The maximum absolute atomic E-state index is 5.54. The summed E-state index contributed by atoms with van der Waals surface area (Å²) < 4.78 is 6.53. The first-order chi connectivity index (χ1) is 8.28. The Kier molecular flexibility index (Phi) is 4.30. The van der Waals surface area contributed by atoms with Gasteiger partial charge in [0.2, 0.25) is 0 Å². The highest BCUT2D eigenvalue weighted by atomic mass is 127. The normalized spacial score (nSPS) is 10.2. The highest BCUT2D eigenvalue weighted by Gasteiger charge is 2.00. The van der Waals surface area contributed by atoms with Crippen LogP contribution < -0.4 is 4.74 Å². The van der Waals surface area contributed by atoms with Crippen LogP contribution in [0, 0.1) is 3.57 Å². The molecule has 2 aromatic rings. The van der Waals surface area contributed by atoms with E-state index in [0.29, 0.717) is 6.01 Å². The molecule has 0 aliphatic rings. The van der Waals surface area contributed by atoms with Gasteiger partial charge in [-0.1, -0.05) is 25.5 Å². The van der Waals surface area contributed by atoms with Gasteiger partial charge >= 0.3 is 6.01 Å². The second-order valence-electron chi connectivity index (χ2n) is 3.68. The number of ether oxygens (including phenoxy) is 1. The van der Waals surface area contributed by atoms with Crippen molar-refractivity contribution in [3.05, 3.63) is 45.8 Å². The van der Waals surface area contributed by atoms with Gasteiger partial charge < -0.3 is 4.74 Å². The molecule has 2 rings (SSSR count). The van der Waals surface area contributed by atoms with Crippen LogP contribution in [0.5, 0.6) is 11.8 Å². The van der Waals surface area contributed by atoms with Crippen LogP contribution in [0.15, 0.2) is 36.7 Å². The number of halogens is 1. The van der Waals surface area contributed by atoms with E-state index in [9.17, 15) is 0 Å². The van der Waals surface area contributed by atoms with E-state index in [2.05, 4.69) is 51.6 Å². The Balaban J connectivity index is 2.05. The SMILES string of the molecule is CCCc1ccc(Oc2ncc(I)cn2)cc1. The molecule has 4 heteroatoms. The van der Waals surface area contributed by atoms with Crippen LogP contribution in [0.3, 0.4) is 0 Å². The molecule has 17 heavy (non-hydrogen) atoms. The van der Waals surface area contributed by atoms with Crippen LogP contribution >= 0.6 is 22.6 Å². The van der Waals surface area contributed by atoms with E-state index >= 15 is 0 Å². The van der Waals surface area contributed by atoms with E-state index in [4.69, 9.17) is 4.74 Å². The van der Waals surface area contributed by atoms with E-state index in [1.165, 1.54) is 5.56 Å². The molecule has 0 aliphatic heterocycles. The highest BCUT2D eigenvalue weighted by molar-refractivity contribution is 14.1. The zero-order valence-corrected chi connectivity index (χ0v) is 11.7. The average Bonchev–Trinajstić information content (AvgIpc) is 2.35. The highest BCUT2D eigenvalue weighted by Crippen LogP contribution is 2.18. The largest absolute Gasteiger partial charge is 0.424 e. The standard InChI is InChI=1S/C13H13IN2O/c1-2-3-10-4-6-12(7-5-10)17-13-15-8-11(14)9-16-13/h4-9H,2-3H2,1H3. The summed E-state index contributed by atoms with van der Waals surface area (Å²) in [5, 5.41) is 0. The van der Waals surface area contributed by atoms with Gasteiger partial charge in [-0.05, 0) is 46.7 Å². The molecular weight excluding hydrogens is 327 g/mol. The first-order valence-corrected chi connectivity index (χ1v) is 6.60. The molecule has 0 atom stereocenters. The van der Waals surface area contributed by atoms with Gasteiger partial charge in [-0.25, -0.2) is 9.97 Å². The van der Waals surface area contributed by atoms with Crippen molar-refractivity contribution < 1.29 is 4.74 Å². The van der Waals surface area contributed by atoms with Crippen molar-refractivity contribution in [1.29, 1.82) is 0 Å². The molecule has 88 valence electrons. The van der Waals surface area contributed by atoms with Gasteiger partial charge in [0, 0.05) is 16.0 Å². The molecule has 3 nitrogen and oxygen atoms in total. The lowest BCUT2D eigenvalue weighted by Gasteiger charge is -2.04. The van der Waals surface area contributed by atoms with E-state index in [1.807, 2.05) is 12.1 Å². The number of aromatic nitrogens is 2. The third-order valence-electron chi connectivity index (χ3n) is 2.27. The number of rotatable bonds is 4. The van der Waals surface area contributed by atoms with Crippen molar-refractivity contribution in [2.24, 2.45) is 0 Å². The third kappa shape index (κ3) is 3.66. The first-order valence-electron chi connectivity index (χ1n) is 5.52. The second-order valence-corrected chi connectivity index (χ2v) is 4.93. The summed E-state index contributed by atoms with van der Waals surface area (Å²) in [6.45, 7) is 2.17. The van der Waals surface area contributed by atoms with E-state index in [-0.39, 0.29) is 0 Å². The molecule has 0 spiro atoms. The second kappa shape index (κ2) is 5.95. The molecule has 0 fully saturated rings. The molecule has 0 N–H and O–H groups in total. The van der Waals surface area contributed by atoms with E-state index < -0.39 is 0 Å². The van der Waals surface area contributed by atoms with E-state index in [1.54, 1.807) is 12.4 Å². The summed E-state index contributed by atoms with van der Waals surface area (Å²) >= 11 is 2.16. The van der Waals surface area contributed by atoms with Crippen LogP contribution in [0.25, 0.3) is 0 Å². The molecule has 1 aromatic carbocycles. The van der Waals surface area contributed by atoms with Crippen molar-refractivity contribution in [2.45, 2.75) is 19.8 Å². The smallest absolute Gasteiger partial charge is 0.321 e. The number of hydrogen-bond acceptors (Lipinski definition) is 3. The fraction of sp³-hybridized carbons (Fsp3) is 0.231. The molecule has 0 aliphatic carbocycles. The molecule has 0 radical (unpaired) electrons. The van der Waals surface area contributed by atoms with Crippen molar-refractivity contribution in [3.8, 4) is 11.8 Å². The number of hydrogen-bond donors (Lipinski definition) is 0. The summed E-state index contributed by atoms with van der Waals surface area (Å²) in [7, 11) is 0. The summed E-state index contributed by atoms with van der Waals surface area (Å²) in [6.07, 6.45) is 5.71. The summed E-state index contributed by atoms with van der Waals surface area (Å²) in [6, 6.07) is 8.43. The lowest BCUT2D eigenvalue weighted by molar-refractivity contribution is 0.441. The number of aryl methyl sites for hydroxylation is 1. The van der Waals surface area contributed by atoms with Gasteiger partial charge in [-0.15, -0.1) is 0 Å². The quantitative estimate of drug-likeness (QED) is 0.794. The van der Waals surface area contributed by atoms with Gasteiger partial charge in [-0.3, -0.25) is 0 Å². The van der Waals surface area contributed by atoms with Crippen molar-refractivity contribution in [2.75, 3.05) is 0 Å². The van der Waals surface area contributed by atoms with Crippen LogP contribution in [0.4, 0.5) is 0 Å². The van der Waals surface area contributed by atoms with Gasteiger partial charge in [0.25, 0.3) is 0 Å². The third-order valence-corrected chi connectivity index (χ3v) is 2.82. The molecule has 1 heterocycles. The Labute approximate surface area is 114 Å². The first kappa shape index (κ1) is 12.3. The Morgan fingerprint density at radius 2 is 1.76 bits per heavy atom. The minimum Gasteiger partial charge on any atom is -0.424 e. The van der Waals surface area contributed by atoms with E-state index in [0.717, 1.165) is 22.2 Å². The lowest BCUT2D eigenvalue weighted by Crippen LogP contribution is -1.92. The molecule has 0 amide bonds. The maximum atomic E-state index is 5.54. The molecule has 0 saturated heterocycles. The summed E-state index contributed by atoms with van der Waals surface area (Å²) in [5.41, 5.74) is 1.32. The fourth-order valence-electron chi connectivity index (χ4n) is 1.47. The monoisotopic (exact) mass is 340 g/mol. The molecular formula is C13H13IN2O. The van der Waals surface area contributed by atoms with Crippen molar-refractivity contribution in [1.82, 2.24) is 9.97 Å². The Hall–Kier alpha value is -1.17. The average molecular weight is 340 g/mol. The van der Waals surface area contributed by atoms with Gasteiger partial charge in [0.1, 0.15) is 5.75 Å². The number of nitrogens with zero attached hydrogens (tertiary/aromatic N) is 2. The van der Waals surface area contributed by atoms with Crippen LogP contribution in [-0.4, -0.2) is 9.97 Å². The predicted molar refractivity (Wildman–Crippen MR) is 75.3 cm³/mol. The molecule has 0 unspecified atom stereocenters. The Bertz CT molecular complexity index is 468. The fourth-order valence-corrected chi connectivity index (χ4v) is 1.75. The maximum Gasteiger partial charge on any atom is 0.321 e. The van der Waals surface area contributed by atoms with Crippen molar-refractivity contribution >= 4 is 22.6 Å². The van der Waals surface area contributed by atoms with Gasteiger partial charge in [-0.2, -0.15) is 0 Å². The molecule has 0 bridgehead atoms. The van der Waals surface area contributed by atoms with Gasteiger partial charge in [0.05, 0.1) is 0 Å². The van der Waals surface area contributed by atoms with Crippen LogP contribution in [0.1, 0.15) is 18.9 Å². The molecule has 1 aromatic heterocycles. The molecule has 0 saturated carbocycles. The number of benzene rings is 1. The lowest BCUT2D eigenvalue weighted by atomic mass is 10.1. The Morgan fingerprint density at radius 3 is 2.35 bits per heavy atom. The van der Waals surface area contributed by atoms with Crippen LogP contribution in [-0.2, 0) is 6.42 Å². The zero-order chi connectivity index (χ0) is 12.1.